The van der Waals surface area contributed by atoms with E-state index in [1.807, 2.05) is 31.5 Å². The lowest BCUT2D eigenvalue weighted by Gasteiger charge is -2.28. The average molecular weight is 470 g/mol. The SMILES string of the molecule is CCC(O)Nc1cncc(-c2cc3c(-c4nc5c(N6CCCCC6)cncc5[nH]4)n[nH]c3cn2)c1. The first-order valence-electron chi connectivity index (χ1n) is 12.0. The number of aromatic amines is 2. The van der Waals surface area contributed by atoms with Gasteiger partial charge in [-0.3, -0.25) is 20.1 Å². The summed E-state index contributed by atoms with van der Waals surface area (Å²) in [5, 5.41) is 21.5. The monoisotopic (exact) mass is 469 g/mol. The van der Waals surface area contributed by atoms with E-state index in [1.165, 1.54) is 19.3 Å². The summed E-state index contributed by atoms with van der Waals surface area (Å²) in [4.78, 5) is 24.1. The first kappa shape index (κ1) is 21.5. The van der Waals surface area contributed by atoms with E-state index in [-0.39, 0.29) is 0 Å². The van der Waals surface area contributed by atoms with Gasteiger partial charge in [-0.2, -0.15) is 5.10 Å². The van der Waals surface area contributed by atoms with Crippen molar-refractivity contribution in [1.29, 1.82) is 0 Å². The number of fused-ring (bicyclic) bond motifs is 2. The molecule has 1 atom stereocenters. The van der Waals surface area contributed by atoms with Crippen LogP contribution in [0, 0.1) is 0 Å². The molecule has 178 valence electrons. The van der Waals surface area contributed by atoms with E-state index in [0.29, 0.717) is 12.2 Å². The molecule has 1 aliphatic rings. The maximum atomic E-state index is 9.93. The number of hydrogen-bond acceptors (Lipinski definition) is 8. The summed E-state index contributed by atoms with van der Waals surface area (Å²) >= 11 is 0. The van der Waals surface area contributed by atoms with Gasteiger partial charge in [-0.15, -0.1) is 0 Å². The highest BCUT2D eigenvalue weighted by molar-refractivity contribution is 5.96. The Kier molecular flexibility index (Phi) is 5.49. The smallest absolute Gasteiger partial charge is 0.159 e. The summed E-state index contributed by atoms with van der Waals surface area (Å²) in [6.45, 7) is 3.97. The fraction of sp³-hybridized carbons (Fsp3) is 0.320. The molecule has 35 heavy (non-hydrogen) atoms. The third-order valence-electron chi connectivity index (χ3n) is 6.50. The molecule has 5 aromatic heterocycles. The van der Waals surface area contributed by atoms with Gasteiger partial charge in [0, 0.05) is 30.2 Å². The summed E-state index contributed by atoms with van der Waals surface area (Å²) in [5.41, 5.74) is 6.77. The highest BCUT2D eigenvalue weighted by atomic mass is 16.3. The zero-order chi connectivity index (χ0) is 23.8. The molecule has 4 N–H and O–H groups in total. The number of aliphatic hydroxyl groups is 1. The van der Waals surface area contributed by atoms with Gasteiger partial charge >= 0.3 is 0 Å². The largest absolute Gasteiger partial charge is 0.374 e. The van der Waals surface area contributed by atoms with Gasteiger partial charge in [-0.25, -0.2) is 4.98 Å². The molecule has 0 aromatic carbocycles. The molecule has 5 aromatic rings. The summed E-state index contributed by atoms with van der Waals surface area (Å²) in [6.07, 6.45) is 12.6. The van der Waals surface area contributed by atoms with Crippen LogP contribution in [0.5, 0.6) is 0 Å². The van der Waals surface area contributed by atoms with E-state index in [1.54, 1.807) is 18.6 Å². The quantitative estimate of drug-likeness (QED) is 0.274. The Balaban J connectivity index is 1.39. The predicted molar refractivity (Wildman–Crippen MR) is 136 cm³/mol. The number of imidazole rings is 1. The molecule has 0 aliphatic carbocycles. The van der Waals surface area contributed by atoms with Crippen LogP contribution in [0.2, 0.25) is 0 Å². The molecule has 1 unspecified atom stereocenters. The number of aromatic nitrogens is 7. The zero-order valence-corrected chi connectivity index (χ0v) is 19.5. The Morgan fingerprint density at radius 2 is 1.89 bits per heavy atom. The highest BCUT2D eigenvalue weighted by Crippen LogP contribution is 2.32. The maximum absolute atomic E-state index is 9.93. The van der Waals surface area contributed by atoms with Crippen LogP contribution in [0.15, 0.2) is 43.1 Å². The summed E-state index contributed by atoms with van der Waals surface area (Å²) in [6, 6.07) is 3.92. The number of nitrogens with one attached hydrogen (secondary N) is 3. The van der Waals surface area contributed by atoms with E-state index >= 15 is 0 Å². The molecular weight excluding hydrogens is 442 g/mol. The van der Waals surface area contributed by atoms with Crippen LogP contribution >= 0.6 is 0 Å². The second-order valence-electron chi connectivity index (χ2n) is 8.91. The van der Waals surface area contributed by atoms with Crippen molar-refractivity contribution >= 4 is 33.3 Å². The van der Waals surface area contributed by atoms with Gasteiger partial charge in [-0.1, -0.05) is 6.92 Å². The van der Waals surface area contributed by atoms with Crippen molar-refractivity contribution in [3.63, 3.8) is 0 Å². The molecule has 10 nitrogen and oxygen atoms in total. The topological polar surface area (TPSA) is 132 Å². The van der Waals surface area contributed by atoms with Crippen molar-refractivity contribution in [1.82, 2.24) is 35.1 Å². The number of rotatable bonds is 6. The van der Waals surface area contributed by atoms with Gasteiger partial charge in [0.25, 0.3) is 0 Å². The third-order valence-corrected chi connectivity index (χ3v) is 6.50. The zero-order valence-electron chi connectivity index (χ0n) is 19.5. The summed E-state index contributed by atoms with van der Waals surface area (Å²) < 4.78 is 0. The highest BCUT2D eigenvalue weighted by Gasteiger charge is 2.19. The lowest BCUT2D eigenvalue weighted by molar-refractivity contribution is 0.199. The Bertz CT molecular complexity index is 1490. The normalized spacial score (nSPS) is 15.1. The number of hydrogen-bond donors (Lipinski definition) is 4. The van der Waals surface area contributed by atoms with Crippen LogP contribution in [0.25, 0.3) is 44.7 Å². The molecule has 0 amide bonds. The molecule has 0 spiro atoms. The number of aliphatic hydroxyl groups excluding tert-OH is 1. The molecule has 6 rings (SSSR count). The average Bonchev–Trinajstić information content (AvgIpc) is 3.53. The fourth-order valence-electron chi connectivity index (χ4n) is 4.61. The lowest BCUT2D eigenvalue weighted by atomic mass is 10.1. The van der Waals surface area contributed by atoms with E-state index in [2.05, 4.69) is 40.3 Å². The lowest BCUT2D eigenvalue weighted by Crippen LogP contribution is -2.29. The molecule has 1 saturated heterocycles. The fourth-order valence-corrected chi connectivity index (χ4v) is 4.61. The van der Waals surface area contributed by atoms with Crippen molar-refractivity contribution in [3.8, 4) is 22.8 Å². The minimum Gasteiger partial charge on any atom is -0.374 e. The minimum atomic E-state index is -0.625. The first-order chi connectivity index (χ1) is 17.2. The number of piperidine rings is 1. The number of H-pyrrole nitrogens is 2. The third kappa shape index (κ3) is 4.06. The van der Waals surface area contributed by atoms with Gasteiger partial charge in [0.2, 0.25) is 0 Å². The van der Waals surface area contributed by atoms with E-state index < -0.39 is 6.23 Å². The molecule has 0 bridgehead atoms. The van der Waals surface area contributed by atoms with Gasteiger partial charge in [-0.05, 0) is 37.8 Å². The molecular formula is C25H27N9O. The van der Waals surface area contributed by atoms with Crippen LogP contribution in [0.1, 0.15) is 32.6 Å². The maximum Gasteiger partial charge on any atom is 0.159 e. The van der Waals surface area contributed by atoms with Crippen LogP contribution in [-0.4, -0.2) is 59.5 Å². The van der Waals surface area contributed by atoms with Gasteiger partial charge in [0.1, 0.15) is 17.4 Å². The Morgan fingerprint density at radius 1 is 1.03 bits per heavy atom. The van der Waals surface area contributed by atoms with Crippen molar-refractivity contribution < 1.29 is 5.11 Å². The molecule has 0 radical (unpaired) electrons. The standard InChI is InChI=1S/C25H27N9O/c1-2-22(35)29-16-8-15(10-26-11-16)18-9-17-19(13-28-18)32-33-23(17)25-30-20-12-27-14-21(24(20)31-25)34-6-4-3-5-7-34/h8-14,22,29,35H,2-7H2,1H3,(H,30,31)(H,32,33). The number of anilines is 2. The van der Waals surface area contributed by atoms with Gasteiger partial charge in [0.15, 0.2) is 5.82 Å². The Morgan fingerprint density at radius 3 is 2.74 bits per heavy atom. The van der Waals surface area contributed by atoms with Crippen molar-refractivity contribution in [3.05, 3.63) is 43.1 Å². The van der Waals surface area contributed by atoms with Crippen molar-refractivity contribution in [2.45, 2.75) is 38.8 Å². The van der Waals surface area contributed by atoms with Crippen LogP contribution in [-0.2, 0) is 0 Å². The number of pyridine rings is 3. The van der Waals surface area contributed by atoms with E-state index in [9.17, 15) is 5.11 Å². The van der Waals surface area contributed by atoms with Crippen LogP contribution in [0.3, 0.4) is 0 Å². The summed E-state index contributed by atoms with van der Waals surface area (Å²) in [7, 11) is 0. The van der Waals surface area contributed by atoms with Crippen LogP contribution in [0.4, 0.5) is 11.4 Å². The minimum absolute atomic E-state index is 0.597. The molecule has 1 aliphatic heterocycles. The second-order valence-corrected chi connectivity index (χ2v) is 8.91. The molecule has 1 fully saturated rings. The first-order valence-corrected chi connectivity index (χ1v) is 12.0. The van der Waals surface area contributed by atoms with Gasteiger partial charge in [0.05, 0.1) is 52.9 Å². The molecule has 6 heterocycles. The predicted octanol–water partition coefficient (Wildman–Crippen LogP) is 4.09. The van der Waals surface area contributed by atoms with Gasteiger partial charge < -0.3 is 20.3 Å². The van der Waals surface area contributed by atoms with Crippen molar-refractivity contribution in [2.24, 2.45) is 0 Å². The Labute approximate surface area is 201 Å². The number of nitrogens with zero attached hydrogens (tertiary/aromatic N) is 6. The van der Waals surface area contributed by atoms with Crippen LogP contribution < -0.4 is 10.2 Å². The molecule has 0 saturated carbocycles. The molecule has 10 heteroatoms. The van der Waals surface area contributed by atoms with E-state index in [4.69, 9.17) is 4.98 Å². The van der Waals surface area contributed by atoms with E-state index in [0.717, 1.165) is 63.4 Å². The summed E-state index contributed by atoms with van der Waals surface area (Å²) in [5.74, 6) is 0.689. The Hall–Kier alpha value is -4.05. The second kappa shape index (κ2) is 8.95. The van der Waals surface area contributed by atoms with Crippen molar-refractivity contribution in [2.75, 3.05) is 23.3 Å².